The Morgan fingerprint density at radius 3 is 3.05 bits per heavy atom. The van der Waals surface area contributed by atoms with Crippen molar-refractivity contribution in [2.24, 2.45) is 0 Å². The maximum atomic E-state index is 4.76. The first kappa shape index (κ1) is 11.9. The van der Waals surface area contributed by atoms with Gasteiger partial charge in [0.2, 0.25) is 6.39 Å². The van der Waals surface area contributed by atoms with Crippen LogP contribution in [0.25, 0.3) is 10.9 Å². The smallest absolute Gasteiger partial charge is 0.213 e. The predicted molar refractivity (Wildman–Crippen MR) is 72.7 cm³/mol. The molecule has 0 fully saturated rings. The Morgan fingerprint density at radius 2 is 2.26 bits per heavy atom. The molecule has 19 heavy (non-hydrogen) atoms. The second-order valence-corrected chi connectivity index (χ2v) is 4.46. The van der Waals surface area contributed by atoms with Crippen LogP contribution in [0.3, 0.4) is 0 Å². The number of hydrogen-bond acceptors (Lipinski definition) is 4. The van der Waals surface area contributed by atoms with Crippen molar-refractivity contribution in [1.29, 1.82) is 0 Å². The molecule has 0 radical (unpaired) electrons. The first-order chi connectivity index (χ1) is 9.36. The molecule has 0 saturated carbocycles. The largest absolute Gasteiger partial charge is 0.343 e. The Morgan fingerprint density at radius 1 is 1.32 bits per heavy atom. The van der Waals surface area contributed by atoms with Crippen molar-refractivity contribution in [3.8, 4) is 0 Å². The van der Waals surface area contributed by atoms with E-state index in [1.165, 1.54) is 22.9 Å². The number of fused-ring (bicyclic) bond motifs is 1. The summed E-state index contributed by atoms with van der Waals surface area (Å²) in [5.41, 5.74) is 2.48. The van der Waals surface area contributed by atoms with Gasteiger partial charge in [-0.15, -0.1) is 0 Å². The van der Waals surface area contributed by atoms with Gasteiger partial charge in [-0.3, -0.25) is 0 Å². The van der Waals surface area contributed by atoms with Gasteiger partial charge >= 0.3 is 0 Å². The minimum absolute atomic E-state index is 0.632. The van der Waals surface area contributed by atoms with Crippen LogP contribution in [0.2, 0.25) is 0 Å². The molecule has 1 aromatic carbocycles. The summed E-state index contributed by atoms with van der Waals surface area (Å²) < 4.78 is 6.88. The first-order valence-electron chi connectivity index (χ1n) is 6.40. The molecule has 2 heterocycles. The summed E-state index contributed by atoms with van der Waals surface area (Å²) in [6, 6.07) is 8.62. The van der Waals surface area contributed by atoms with E-state index in [9.17, 15) is 0 Å². The highest BCUT2D eigenvalue weighted by molar-refractivity contribution is 5.80. The molecule has 0 unspecified atom stereocenters. The maximum Gasteiger partial charge on any atom is 0.213 e. The molecule has 0 saturated heterocycles. The summed E-state index contributed by atoms with van der Waals surface area (Å²) in [5, 5.41) is 8.41. The van der Waals surface area contributed by atoms with Crippen LogP contribution in [0.15, 0.2) is 41.4 Å². The van der Waals surface area contributed by atoms with E-state index in [1.807, 2.05) is 0 Å². The molecule has 0 aliphatic rings. The van der Waals surface area contributed by atoms with Crippen molar-refractivity contribution in [3.05, 3.63) is 48.2 Å². The van der Waals surface area contributed by atoms with Gasteiger partial charge in [-0.2, -0.15) is 4.98 Å². The lowest BCUT2D eigenvalue weighted by Crippen LogP contribution is -2.11. The third-order valence-electron chi connectivity index (χ3n) is 3.13. The SMILES string of the molecule is CCNCc1ccc2c(ccn2Cc2ncon2)c1. The maximum absolute atomic E-state index is 4.76. The number of nitrogens with zero attached hydrogens (tertiary/aromatic N) is 3. The summed E-state index contributed by atoms with van der Waals surface area (Å²) in [6.07, 6.45) is 3.41. The highest BCUT2D eigenvalue weighted by Gasteiger charge is 2.05. The molecule has 2 aromatic heterocycles. The normalized spacial score (nSPS) is 11.2. The Hall–Kier alpha value is -2.14. The quantitative estimate of drug-likeness (QED) is 0.760. The van der Waals surface area contributed by atoms with E-state index in [2.05, 4.69) is 57.4 Å². The Labute approximate surface area is 111 Å². The van der Waals surface area contributed by atoms with Crippen molar-refractivity contribution in [2.45, 2.75) is 20.0 Å². The highest BCUT2D eigenvalue weighted by Crippen LogP contribution is 2.18. The summed E-state index contributed by atoms with van der Waals surface area (Å²) >= 11 is 0. The fraction of sp³-hybridized carbons (Fsp3) is 0.286. The van der Waals surface area contributed by atoms with Gasteiger partial charge in [0.15, 0.2) is 5.82 Å². The minimum Gasteiger partial charge on any atom is -0.343 e. The molecule has 0 bridgehead atoms. The minimum atomic E-state index is 0.632. The van der Waals surface area contributed by atoms with Gasteiger partial charge in [0.1, 0.15) is 0 Å². The fourth-order valence-electron chi connectivity index (χ4n) is 2.18. The van der Waals surface area contributed by atoms with Gasteiger partial charge in [-0.25, -0.2) is 0 Å². The second-order valence-electron chi connectivity index (χ2n) is 4.46. The van der Waals surface area contributed by atoms with Gasteiger partial charge < -0.3 is 14.4 Å². The number of aromatic nitrogens is 3. The lowest BCUT2D eigenvalue weighted by molar-refractivity contribution is 0.408. The monoisotopic (exact) mass is 256 g/mol. The summed E-state index contributed by atoms with van der Waals surface area (Å²) in [5.74, 6) is 0.689. The van der Waals surface area contributed by atoms with Crippen LogP contribution in [0, 0.1) is 0 Å². The zero-order valence-electron chi connectivity index (χ0n) is 10.8. The second kappa shape index (κ2) is 5.24. The standard InChI is InChI=1S/C14H16N4O/c1-2-15-8-11-3-4-13-12(7-11)5-6-18(13)9-14-16-10-19-17-14/h3-7,10,15H,2,8-9H2,1H3. The lowest BCUT2D eigenvalue weighted by atomic mass is 10.1. The first-order valence-corrected chi connectivity index (χ1v) is 6.40. The summed E-state index contributed by atoms with van der Waals surface area (Å²) in [7, 11) is 0. The van der Waals surface area contributed by atoms with Crippen LogP contribution >= 0.6 is 0 Å². The summed E-state index contributed by atoms with van der Waals surface area (Å²) in [6.45, 7) is 4.63. The van der Waals surface area contributed by atoms with E-state index in [4.69, 9.17) is 4.52 Å². The van der Waals surface area contributed by atoms with Crippen LogP contribution in [0.5, 0.6) is 0 Å². The predicted octanol–water partition coefficient (Wildman–Crippen LogP) is 2.18. The van der Waals surface area contributed by atoms with E-state index in [-0.39, 0.29) is 0 Å². The van der Waals surface area contributed by atoms with Crippen LogP contribution in [0.4, 0.5) is 0 Å². The zero-order valence-corrected chi connectivity index (χ0v) is 10.8. The molecular weight excluding hydrogens is 240 g/mol. The average Bonchev–Trinajstić information content (AvgIpc) is 3.07. The number of benzene rings is 1. The van der Waals surface area contributed by atoms with Crippen molar-refractivity contribution >= 4 is 10.9 Å². The van der Waals surface area contributed by atoms with E-state index < -0.39 is 0 Å². The van der Waals surface area contributed by atoms with Crippen molar-refractivity contribution in [3.63, 3.8) is 0 Å². The third kappa shape index (κ3) is 2.51. The number of hydrogen-bond donors (Lipinski definition) is 1. The van der Waals surface area contributed by atoms with Gasteiger partial charge in [-0.05, 0) is 35.7 Å². The van der Waals surface area contributed by atoms with E-state index in [0.29, 0.717) is 12.4 Å². The fourth-order valence-corrected chi connectivity index (χ4v) is 2.18. The summed E-state index contributed by atoms with van der Waals surface area (Å²) in [4.78, 5) is 4.05. The molecule has 0 aliphatic carbocycles. The third-order valence-corrected chi connectivity index (χ3v) is 3.13. The Balaban J connectivity index is 1.87. The molecule has 3 aromatic rings. The van der Waals surface area contributed by atoms with Crippen molar-refractivity contribution in [1.82, 2.24) is 20.0 Å². The van der Waals surface area contributed by atoms with Crippen LogP contribution in [-0.2, 0) is 13.1 Å². The Bertz CT molecular complexity index is 657. The van der Waals surface area contributed by atoms with Gasteiger partial charge in [-0.1, -0.05) is 18.1 Å². The Kier molecular flexibility index (Phi) is 3.29. The van der Waals surface area contributed by atoms with Crippen LogP contribution in [0.1, 0.15) is 18.3 Å². The number of rotatable bonds is 5. The molecule has 1 N–H and O–H groups in total. The van der Waals surface area contributed by atoms with E-state index >= 15 is 0 Å². The van der Waals surface area contributed by atoms with Crippen LogP contribution in [-0.4, -0.2) is 21.3 Å². The van der Waals surface area contributed by atoms with Gasteiger partial charge in [0.25, 0.3) is 0 Å². The molecule has 0 atom stereocenters. The molecule has 98 valence electrons. The molecule has 0 spiro atoms. The topological polar surface area (TPSA) is 55.9 Å². The highest BCUT2D eigenvalue weighted by atomic mass is 16.5. The van der Waals surface area contributed by atoms with Gasteiger partial charge in [0, 0.05) is 18.3 Å². The lowest BCUT2D eigenvalue weighted by Gasteiger charge is -2.04. The van der Waals surface area contributed by atoms with Crippen molar-refractivity contribution < 1.29 is 4.52 Å². The molecular formula is C14H16N4O. The van der Waals surface area contributed by atoms with Gasteiger partial charge in [0.05, 0.1) is 6.54 Å². The molecule has 0 aliphatic heterocycles. The van der Waals surface area contributed by atoms with E-state index in [0.717, 1.165) is 13.1 Å². The average molecular weight is 256 g/mol. The zero-order chi connectivity index (χ0) is 13.1. The van der Waals surface area contributed by atoms with Crippen molar-refractivity contribution in [2.75, 3.05) is 6.54 Å². The van der Waals surface area contributed by atoms with E-state index in [1.54, 1.807) is 0 Å². The molecule has 0 amide bonds. The molecule has 3 rings (SSSR count). The molecule has 5 nitrogen and oxygen atoms in total. The number of nitrogens with one attached hydrogen (secondary N) is 1. The van der Waals surface area contributed by atoms with Crippen LogP contribution < -0.4 is 5.32 Å². The molecule has 5 heteroatoms.